The molecule has 14 heteroatoms. The van der Waals surface area contributed by atoms with Gasteiger partial charge in [0, 0.05) is 24.8 Å². The molecule has 0 fully saturated rings. The second-order valence-electron chi connectivity index (χ2n) is 6.34. The SMILES string of the molecule is C[N+](C)(O)CCNC(=O)c1cc(N(CCCl)CCCl)c([N+](=O)[O-])cc1[N+](=O)[O-].[Cl-]. The summed E-state index contributed by atoms with van der Waals surface area (Å²) in [6, 6.07) is 1.86. The summed E-state index contributed by atoms with van der Waals surface area (Å²) in [4.78, 5) is 35.2. The highest BCUT2D eigenvalue weighted by atomic mass is 35.5. The van der Waals surface area contributed by atoms with Crippen LogP contribution in [0.2, 0.25) is 0 Å². The van der Waals surface area contributed by atoms with Crippen molar-refractivity contribution in [2.75, 3.05) is 56.9 Å². The molecule has 0 aliphatic heterocycles. The molecule has 1 aromatic rings. The minimum Gasteiger partial charge on any atom is -1.00 e. The van der Waals surface area contributed by atoms with Gasteiger partial charge < -0.3 is 22.6 Å². The summed E-state index contributed by atoms with van der Waals surface area (Å²) < 4.78 is -0.410. The predicted octanol–water partition coefficient (Wildman–Crippen LogP) is -1.01. The van der Waals surface area contributed by atoms with Crippen molar-refractivity contribution in [1.29, 1.82) is 0 Å². The highest BCUT2D eigenvalue weighted by Gasteiger charge is 2.30. The summed E-state index contributed by atoms with van der Waals surface area (Å²) in [5.74, 6) is -0.514. The number of carbonyl (C=O) groups excluding carboxylic acids is 1. The standard InChI is InChI=1S/C15H21Cl2N5O6.ClH/c1-22(2,28)8-5-18-15(23)11-9-13(19(6-3-16)7-4-17)14(21(26)27)10-12(11)20(24)25;/h9-10,28H,3-8H2,1-2H3;1H. The summed E-state index contributed by atoms with van der Waals surface area (Å²) in [5, 5.41) is 34.9. The fraction of sp³-hybridized carbons (Fsp3) is 0.533. The molecule has 0 heterocycles. The number of nitrogens with one attached hydrogen (secondary N) is 1. The van der Waals surface area contributed by atoms with E-state index in [0.29, 0.717) is 0 Å². The molecule has 2 N–H and O–H groups in total. The fourth-order valence-electron chi connectivity index (χ4n) is 2.39. The molecule has 0 radical (unpaired) electrons. The summed E-state index contributed by atoms with van der Waals surface area (Å²) in [6.45, 7) is 0.594. The zero-order valence-corrected chi connectivity index (χ0v) is 18.1. The Labute approximate surface area is 183 Å². The van der Waals surface area contributed by atoms with Crippen molar-refractivity contribution in [3.05, 3.63) is 37.9 Å². The van der Waals surface area contributed by atoms with E-state index in [-0.39, 0.29) is 61.6 Å². The zero-order valence-electron chi connectivity index (χ0n) is 15.8. The van der Waals surface area contributed by atoms with E-state index in [4.69, 9.17) is 23.2 Å². The molecule has 0 saturated carbocycles. The molecule has 0 aromatic heterocycles. The van der Waals surface area contributed by atoms with Crippen molar-refractivity contribution in [2.45, 2.75) is 0 Å². The highest BCUT2D eigenvalue weighted by Crippen LogP contribution is 2.35. The van der Waals surface area contributed by atoms with Gasteiger partial charge in [0.25, 0.3) is 17.3 Å². The van der Waals surface area contributed by atoms with Crippen molar-refractivity contribution in [3.8, 4) is 0 Å². The first kappa shape index (κ1) is 27.1. The molecule has 29 heavy (non-hydrogen) atoms. The maximum absolute atomic E-state index is 12.5. The number of benzene rings is 1. The van der Waals surface area contributed by atoms with Crippen molar-refractivity contribution in [2.24, 2.45) is 0 Å². The Hall–Kier alpha value is -1.92. The van der Waals surface area contributed by atoms with E-state index in [1.165, 1.54) is 19.0 Å². The Bertz CT molecular complexity index is 738. The Morgan fingerprint density at radius 2 is 1.66 bits per heavy atom. The van der Waals surface area contributed by atoms with Gasteiger partial charge in [0.1, 0.15) is 17.8 Å². The molecule has 1 amide bonds. The van der Waals surface area contributed by atoms with Gasteiger partial charge in [0.15, 0.2) is 0 Å². The smallest absolute Gasteiger partial charge is 0.299 e. The van der Waals surface area contributed by atoms with E-state index in [1.807, 2.05) is 0 Å². The summed E-state index contributed by atoms with van der Waals surface area (Å²) >= 11 is 11.5. The van der Waals surface area contributed by atoms with Gasteiger partial charge in [0.05, 0.1) is 36.6 Å². The van der Waals surface area contributed by atoms with Gasteiger partial charge in [-0.25, -0.2) is 5.21 Å². The second kappa shape index (κ2) is 11.9. The maximum atomic E-state index is 12.5. The molecule has 164 valence electrons. The number of nitrogens with zero attached hydrogens (tertiary/aromatic N) is 4. The predicted molar refractivity (Wildman–Crippen MR) is 104 cm³/mol. The Kier molecular flexibility index (Phi) is 11.1. The van der Waals surface area contributed by atoms with Crippen LogP contribution in [0.15, 0.2) is 12.1 Å². The van der Waals surface area contributed by atoms with E-state index in [9.17, 15) is 30.2 Å². The third-order valence-corrected chi connectivity index (χ3v) is 4.06. The first-order chi connectivity index (χ1) is 13.0. The number of nitro benzene ring substituents is 2. The molecule has 0 saturated heterocycles. The number of alkyl halides is 2. The van der Waals surface area contributed by atoms with E-state index < -0.39 is 31.8 Å². The number of carbonyl (C=O) groups is 1. The first-order valence-corrected chi connectivity index (χ1v) is 9.26. The molecular formula is C15H22Cl3N5O6. The lowest BCUT2D eigenvalue weighted by Crippen LogP contribution is -3.00. The minimum absolute atomic E-state index is 0. The lowest BCUT2D eigenvalue weighted by Gasteiger charge is -2.23. The van der Waals surface area contributed by atoms with Gasteiger partial charge in [-0.15, -0.1) is 23.2 Å². The third-order valence-electron chi connectivity index (χ3n) is 3.73. The van der Waals surface area contributed by atoms with Gasteiger partial charge >= 0.3 is 0 Å². The van der Waals surface area contributed by atoms with Crippen LogP contribution < -0.4 is 22.6 Å². The number of halogens is 3. The lowest BCUT2D eigenvalue weighted by atomic mass is 10.1. The van der Waals surface area contributed by atoms with Gasteiger partial charge in [-0.2, -0.15) is 4.65 Å². The second-order valence-corrected chi connectivity index (χ2v) is 7.09. The van der Waals surface area contributed by atoms with Crippen molar-refractivity contribution >= 4 is 46.2 Å². The Morgan fingerprint density at radius 3 is 2.07 bits per heavy atom. The highest BCUT2D eigenvalue weighted by molar-refractivity contribution is 6.18. The fourth-order valence-corrected chi connectivity index (χ4v) is 2.80. The topological polar surface area (TPSA) is 139 Å². The Morgan fingerprint density at radius 1 is 1.14 bits per heavy atom. The van der Waals surface area contributed by atoms with Crippen LogP contribution in [-0.2, 0) is 0 Å². The van der Waals surface area contributed by atoms with E-state index in [1.54, 1.807) is 0 Å². The van der Waals surface area contributed by atoms with E-state index in [2.05, 4.69) is 5.32 Å². The molecule has 1 rings (SSSR count). The van der Waals surface area contributed by atoms with Crippen LogP contribution in [0.1, 0.15) is 10.4 Å². The van der Waals surface area contributed by atoms with Crippen LogP contribution in [0, 0.1) is 20.2 Å². The van der Waals surface area contributed by atoms with Crippen LogP contribution in [0.4, 0.5) is 17.1 Å². The maximum Gasteiger partial charge on any atom is 0.299 e. The molecule has 0 aliphatic rings. The number of nitro groups is 2. The van der Waals surface area contributed by atoms with E-state index in [0.717, 1.165) is 12.1 Å². The summed E-state index contributed by atoms with van der Waals surface area (Å²) in [5.41, 5.74) is -1.53. The third kappa shape index (κ3) is 8.15. The lowest BCUT2D eigenvalue weighted by molar-refractivity contribution is -1.07. The van der Waals surface area contributed by atoms with E-state index >= 15 is 0 Å². The summed E-state index contributed by atoms with van der Waals surface area (Å²) in [6.07, 6.45) is 0. The van der Waals surface area contributed by atoms with Crippen LogP contribution in [0.25, 0.3) is 0 Å². The number of amides is 1. The number of likely N-dealkylation sites (N-methyl/N-ethyl adjacent to an activating group) is 1. The molecule has 0 bridgehead atoms. The van der Waals surface area contributed by atoms with Gasteiger partial charge in [0.2, 0.25) is 0 Å². The molecule has 0 spiro atoms. The van der Waals surface area contributed by atoms with Crippen molar-refractivity contribution in [3.63, 3.8) is 0 Å². The zero-order chi connectivity index (χ0) is 21.5. The summed E-state index contributed by atoms with van der Waals surface area (Å²) in [7, 11) is 2.99. The van der Waals surface area contributed by atoms with Crippen molar-refractivity contribution in [1.82, 2.24) is 5.32 Å². The molecule has 0 aliphatic carbocycles. The molecule has 0 unspecified atom stereocenters. The molecule has 0 atom stereocenters. The van der Waals surface area contributed by atoms with Crippen LogP contribution in [0.5, 0.6) is 0 Å². The van der Waals surface area contributed by atoms with Gasteiger partial charge in [-0.3, -0.25) is 25.0 Å². The quantitative estimate of drug-likeness (QED) is 0.181. The number of hydroxylamine groups is 3. The largest absolute Gasteiger partial charge is 1.00 e. The average molecular weight is 475 g/mol. The number of hydrogen-bond donors (Lipinski definition) is 2. The minimum atomic E-state index is -0.856. The number of rotatable bonds is 11. The Balaban J connectivity index is 0.00000784. The van der Waals surface area contributed by atoms with Crippen LogP contribution >= 0.6 is 23.2 Å². The first-order valence-electron chi connectivity index (χ1n) is 8.19. The molecule has 1 aromatic carbocycles. The van der Waals surface area contributed by atoms with Gasteiger partial charge in [-0.05, 0) is 6.07 Å². The van der Waals surface area contributed by atoms with Crippen LogP contribution in [-0.4, -0.2) is 77.6 Å². The van der Waals surface area contributed by atoms with Gasteiger partial charge in [-0.1, -0.05) is 0 Å². The molecular weight excluding hydrogens is 453 g/mol. The average Bonchev–Trinajstić information content (AvgIpc) is 2.59. The monoisotopic (exact) mass is 473 g/mol. The number of quaternary nitrogens is 1. The van der Waals surface area contributed by atoms with Crippen molar-refractivity contribution < 1.29 is 36.9 Å². The van der Waals surface area contributed by atoms with Crippen LogP contribution in [0.3, 0.4) is 0 Å². The number of hydrogen-bond acceptors (Lipinski definition) is 7. The normalized spacial score (nSPS) is 10.8. The molecule has 11 nitrogen and oxygen atoms in total. The number of anilines is 1.